The Kier molecular flexibility index (Phi) is 5.64. The molecule has 1 unspecified atom stereocenters. The van der Waals surface area contributed by atoms with Crippen LogP contribution in [0.2, 0.25) is 0 Å². The molecule has 2 aromatic heterocycles. The minimum absolute atomic E-state index is 0.0984. The molecular formula is C24H18F2N6O2. The number of nitrogens with one attached hydrogen (secondary N) is 1. The van der Waals surface area contributed by atoms with E-state index in [4.69, 9.17) is 10.2 Å². The number of hydrogen-bond acceptors (Lipinski definition) is 8. The van der Waals surface area contributed by atoms with Gasteiger partial charge < -0.3 is 15.5 Å². The van der Waals surface area contributed by atoms with E-state index < -0.39 is 29.0 Å². The minimum Gasteiger partial charge on any atom is -0.414 e. The van der Waals surface area contributed by atoms with Gasteiger partial charge in [-0.2, -0.15) is 0 Å². The first-order chi connectivity index (χ1) is 16.5. The van der Waals surface area contributed by atoms with Crippen LogP contribution in [0.1, 0.15) is 22.5 Å². The van der Waals surface area contributed by atoms with Gasteiger partial charge in [-0.15, -0.1) is 10.2 Å². The third-order valence-electron chi connectivity index (χ3n) is 5.40. The molecule has 5 rings (SSSR count). The third-order valence-corrected chi connectivity index (χ3v) is 5.40. The molecular weight excluding hydrogens is 442 g/mol. The number of nitrogen functional groups attached to an aromatic ring is 1. The van der Waals surface area contributed by atoms with Crippen molar-refractivity contribution in [3.63, 3.8) is 0 Å². The summed E-state index contributed by atoms with van der Waals surface area (Å²) in [6, 6.07) is 11.6. The van der Waals surface area contributed by atoms with Gasteiger partial charge in [-0.25, -0.2) is 18.7 Å². The van der Waals surface area contributed by atoms with Gasteiger partial charge in [0.2, 0.25) is 5.89 Å². The van der Waals surface area contributed by atoms with Crippen molar-refractivity contribution in [3.05, 3.63) is 83.7 Å². The van der Waals surface area contributed by atoms with Gasteiger partial charge in [-0.1, -0.05) is 30.3 Å². The van der Waals surface area contributed by atoms with E-state index in [1.807, 2.05) is 30.3 Å². The van der Waals surface area contributed by atoms with Crippen LogP contribution < -0.4 is 11.1 Å². The molecule has 1 atom stereocenters. The SMILES string of the molecule is Nc1ncc(C2=CC(C(=O)c3c(F)cccc3F)NCC2)nc1-c1nnc(-c2ccccc2)o1. The predicted octanol–water partition coefficient (Wildman–Crippen LogP) is 3.68. The van der Waals surface area contributed by atoms with Crippen LogP contribution in [0.4, 0.5) is 14.6 Å². The van der Waals surface area contributed by atoms with Crippen molar-refractivity contribution < 1.29 is 18.0 Å². The Morgan fingerprint density at radius 2 is 1.76 bits per heavy atom. The summed E-state index contributed by atoms with van der Waals surface area (Å²) < 4.78 is 34.0. The lowest BCUT2D eigenvalue weighted by atomic mass is 9.95. The quantitative estimate of drug-likeness (QED) is 0.433. The van der Waals surface area contributed by atoms with Crippen molar-refractivity contribution in [1.82, 2.24) is 25.5 Å². The molecule has 170 valence electrons. The van der Waals surface area contributed by atoms with Crippen molar-refractivity contribution in [2.24, 2.45) is 0 Å². The van der Waals surface area contributed by atoms with Crippen LogP contribution >= 0.6 is 0 Å². The Balaban J connectivity index is 1.47. The first-order valence-electron chi connectivity index (χ1n) is 10.5. The standard InChI is InChI=1S/C24H18F2N6O2/c25-15-7-4-8-16(26)19(15)21(33)17-11-14(9-10-28-17)18-12-29-22(27)20(30-18)24-32-31-23(34-24)13-5-2-1-3-6-13/h1-8,11-12,17,28H,9-10H2,(H2,27,29). The van der Waals surface area contributed by atoms with E-state index >= 15 is 0 Å². The molecule has 0 saturated carbocycles. The van der Waals surface area contributed by atoms with Crippen LogP contribution in [0.3, 0.4) is 0 Å². The Hall–Kier alpha value is -4.31. The molecule has 8 nitrogen and oxygen atoms in total. The van der Waals surface area contributed by atoms with Crippen molar-refractivity contribution in [3.8, 4) is 23.0 Å². The Bertz CT molecular complexity index is 1380. The topological polar surface area (TPSA) is 120 Å². The average Bonchev–Trinajstić information content (AvgIpc) is 3.35. The third kappa shape index (κ3) is 4.06. The number of carbonyl (C=O) groups is 1. The highest BCUT2D eigenvalue weighted by molar-refractivity contribution is 6.02. The molecule has 0 bridgehead atoms. The van der Waals surface area contributed by atoms with Gasteiger partial charge in [0, 0.05) is 12.1 Å². The number of nitrogens with two attached hydrogens (primary N) is 1. The van der Waals surface area contributed by atoms with E-state index in [0.29, 0.717) is 30.1 Å². The molecule has 0 amide bonds. The Morgan fingerprint density at radius 3 is 2.53 bits per heavy atom. The number of Topliss-reactive ketones (excluding diaryl/α,β-unsaturated/α-hetero) is 1. The van der Waals surface area contributed by atoms with Crippen LogP contribution in [0.5, 0.6) is 0 Å². The van der Waals surface area contributed by atoms with E-state index in [1.54, 1.807) is 6.08 Å². The summed E-state index contributed by atoms with van der Waals surface area (Å²) in [6.07, 6.45) is 3.57. The molecule has 1 aliphatic rings. The van der Waals surface area contributed by atoms with Gasteiger partial charge in [-0.3, -0.25) is 4.79 Å². The molecule has 3 N–H and O–H groups in total. The highest BCUT2D eigenvalue weighted by Crippen LogP contribution is 2.28. The van der Waals surface area contributed by atoms with Crippen molar-refractivity contribution in [2.75, 3.05) is 12.3 Å². The minimum atomic E-state index is -0.925. The number of nitrogens with zero attached hydrogens (tertiary/aromatic N) is 4. The highest BCUT2D eigenvalue weighted by atomic mass is 19.1. The zero-order valence-corrected chi connectivity index (χ0v) is 17.7. The van der Waals surface area contributed by atoms with E-state index in [9.17, 15) is 13.6 Å². The number of rotatable bonds is 5. The van der Waals surface area contributed by atoms with Crippen LogP contribution in [0, 0.1) is 11.6 Å². The number of hydrogen-bond donors (Lipinski definition) is 2. The lowest BCUT2D eigenvalue weighted by Crippen LogP contribution is -2.39. The molecule has 1 aliphatic heterocycles. The van der Waals surface area contributed by atoms with Crippen LogP contribution in [0.25, 0.3) is 28.6 Å². The maximum Gasteiger partial charge on any atom is 0.270 e. The normalized spacial score (nSPS) is 15.7. The monoisotopic (exact) mass is 460 g/mol. The van der Waals surface area contributed by atoms with E-state index in [-0.39, 0.29) is 17.4 Å². The summed E-state index contributed by atoms with van der Waals surface area (Å²) in [5, 5.41) is 11.1. The second-order valence-corrected chi connectivity index (χ2v) is 7.60. The van der Waals surface area contributed by atoms with Gasteiger partial charge in [0.05, 0.1) is 23.5 Å². The molecule has 3 heterocycles. The van der Waals surface area contributed by atoms with Crippen LogP contribution in [-0.2, 0) is 0 Å². The highest BCUT2D eigenvalue weighted by Gasteiger charge is 2.27. The summed E-state index contributed by atoms with van der Waals surface area (Å²) in [5.41, 5.74) is 7.49. The Morgan fingerprint density at radius 1 is 1.03 bits per heavy atom. The second-order valence-electron chi connectivity index (χ2n) is 7.60. The first kappa shape index (κ1) is 21.5. The summed E-state index contributed by atoms with van der Waals surface area (Å²) in [6.45, 7) is 0.401. The smallest absolute Gasteiger partial charge is 0.270 e. The fourth-order valence-corrected chi connectivity index (χ4v) is 3.70. The Labute approximate surface area is 192 Å². The van der Waals surface area contributed by atoms with Crippen LogP contribution in [0.15, 0.2) is 65.2 Å². The van der Waals surface area contributed by atoms with E-state index in [1.165, 1.54) is 12.3 Å². The first-order valence-corrected chi connectivity index (χ1v) is 10.5. The fraction of sp³-hybridized carbons (Fsp3) is 0.125. The second kappa shape index (κ2) is 8.91. The van der Waals surface area contributed by atoms with E-state index in [2.05, 4.69) is 25.5 Å². The van der Waals surface area contributed by atoms with Gasteiger partial charge in [0.15, 0.2) is 17.3 Å². The van der Waals surface area contributed by atoms with Crippen molar-refractivity contribution >= 4 is 17.2 Å². The molecule has 0 saturated heterocycles. The lowest BCUT2D eigenvalue weighted by Gasteiger charge is -2.22. The summed E-state index contributed by atoms with van der Waals surface area (Å²) in [5.74, 6) is -2.02. The number of carbonyl (C=O) groups excluding carboxylic acids is 1. The lowest BCUT2D eigenvalue weighted by molar-refractivity contribution is 0.0954. The maximum atomic E-state index is 14.1. The van der Waals surface area contributed by atoms with Crippen LogP contribution in [-0.4, -0.2) is 38.5 Å². The zero-order valence-electron chi connectivity index (χ0n) is 17.7. The maximum absolute atomic E-state index is 14.1. The molecule has 0 spiro atoms. The van der Waals surface area contributed by atoms with Gasteiger partial charge in [-0.05, 0) is 36.3 Å². The molecule has 4 aromatic rings. The molecule has 0 radical (unpaired) electrons. The molecule has 0 fully saturated rings. The van der Waals surface area contributed by atoms with E-state index in [0.717, 1.165) is 17.7 Å². The van der Waals surface area contributed by atoms with Gasteiger partial charge in [0.25, 0.3) is 5.89 Å². The molecule has 0 aliphatic carbocycles. The number of halogens is 2. The van der Waals surface area contributed by atoms with Gasteiger partial charge >= 0.3 is 0 Å². The van der Waals surface area contributed by atoms with Crippen molar-refractivity contribution in [2.45, 2.75) is 12.5 Å². The average molecular weight is 460 g/mol. The fourth-order valence-electron chi connectivity index (χ4n) is 3.70. The number of anilines is 1. The largest absolute Gasteiger partial charge is 0.414 e. The molecule has 10 heteroatoms. The number of ketones is 1. The number of aromatic nitrogens is 4. The zero-order chi connectivity index (χ0) is 23.7. The summed E-state index contributed by atoms with van der Waals surface area (Å²) in [4.78, 5) is 21.5. The van der Waals surface area contributed by atoms with Gasteiger partial charge in [0.1, 0.15) is 11.6 Å². The number of benzene rings is 2. The summed E-state index contributed by atoms with van der Waals surface area (Å²) >= 11 is 0. The predicted molar refractivity (Wildman–Crippen MR) is 120 cm³/mol. The summed E-state index contributed by atoms with van der Waals surface area (Å²) in [7, 11) is 0. The van der Waals surface area contributed by atoms with Crippen molar-refractivity contribution in [1.29, 1.82) is 0 Å². The molecule has 2 aromatic carbocycles. The molecule has 34 heavy (non-hydrogen) atoms.